The van der Waals surface area contributed by atoms with Gasteiger partial charge in [0.15, 0.2) is 0 Å². The topological polar surface area (TPSA) is 102 Å². The molecule has 31 heavy (non-hydrogen) atoms. The van der Waals surface area contributed by atoms with Crippen molar-refractivity contribution in [3.05, 3.63) is 53.6 Å². The first-order chi connectivity index (χ1) is 14.5. The summed E-state index contributed by atoms with van der Waals surface area (Å²) < 4.78 is 39.2. The summed E-state index contributed by atoms with van der Waals surface area (Å²) >= 11 is 6.55. The van der Waals surface area contributed by atoms with Crippen LogP contribution in [-0.4, -0.2) is 34.2 Å². The average Bonchev–Trinajstić information content (AvgIpc) is 2.71. The van der Waals surface area contributed by atoms with Crippen molar-refractivity contribution in [3.8, 4) is 6.07 Å². The molecule has 0 fully saturated rings. The Labute approximate surface area is 185 Å². The second-order valence-corrected chi connectivity index (χ2v) is 7.91. The molecule has 2 aromatic carbocycles. The molecule has 11 heteroatoms. The van der Waals surface area contributed by atoms with Crippen molar-refractivity contribution >= 4 is 46.6 Å². The fourth-order valence-corrected chi connectivity index (χ4v) is 3.40. The lowest BCUT2D eigenvalue weighted by Crippen LogP contribution is -2.42. The van der Waals surface area contributed by atoms with E-state index >= 15 is 0 Å². The second kappa shape index (κ2) is 10.0. The second-order valence-electron chi connectivity index (χ2n) is 6.60. The number of anilines is 2. The molecule has 0 aliphatic heterocycles. The SMILES string of the molecule is CC(O)(CSc1cccc(NC(=O)CCl)c1)C(=O)Nc1ccc(C#N)c(C(F)(F)F)c1. The van der Waals surface area contributed by atoms with Crippen molar-refractivity contribution in [2.24, 2.45) is 0 Å². The number of hydrogen-bond acceptors (Lipinski definition) is 5. The molecular formula is C20H17ClF3N3O3S. The van der Waals surface area contributed by atoms with Crippen molar-refractivity contribution in [2.45, 2.75) is 23.6 Å². The number of amides is 2. The molecule has 164 valence electrons. The lowest BCUT2D eigenvalue weighted by molar-refractivity contribution is -0.137. The van der Waals surface area contributed by atoms with Crippen LogP contribution in [0.3, 0.4) is 0 Å². The number of nitrogens with zero attached hydrogens (tertiary/aromatic N) is 1. The van der Waals surface area contributed by atoms with Gasteiger partial charge in [-0.3, -0.25) is 9.59 Å². The molecule has 0 radical (unpaired) electrons. The number of carbonyl (C=O) groups is 2. The lowest BCUT2D eigenvalue weighted by atomic mass is 10.1. The van der Waals surface area contributed by atoms with Crippen LogP contribution in [0.4, 0.5) is 24.5 Å². The summed E-state index contributed by atoms with van der Waals surface area (Å²) in [4.78, 5) is 24.4. The summed E-state index contributed by atoms with van der Waals surface area (Å²) in [5.41, 5.74) is -3.40. The molecule has 1 unspecified atom stereocenters. The van der Waals surface area contributed by atoms with Crippen molar-refractivity contribution in [2.75, 3.05) is 22.3 Å². The molecule has 0 aliphatic carbocycles. The summed E-state index contributed by atoms with van der Waals surface area (Å²) in [6.45, 7) is 1.22. The highest BCUT2D eigenvalue weighted by atomic mass is 35.5. The molecule has 2 amide bonds. The summed E-state index contributed by atoms with van der Waals surface area (Å²) in [6, 6.07) is 10.8. The van der Waals surface area contributed by atoms with Crippen LogP contribution in [0.2, 0.25) is 0 Å². The number of thioether (sulfide) groups is 1. The molecule has 1 atom stereocenters. The van der Waals surface area contributed by atoms with Crippen molar-refractivity contribution in [1.29, 1.82) is 5.26 Å². The third kappa shape index (κ3) is 6.89. The number of nitriles is 1. The Hall–Kier alpha value is -2.74. The van der Waals surface area contributed by atoms with Gasteiger partial charge in [-0.25, -0.2) is 0 Å². The van der Waals surface area contributed by atoms with Crippen LogP contribution in [0.5, 0.6) is 0 Å². The van der Waals surface area contributed by atoms with Crippen LogP contribution in [0, 0.1) is 11.3 Å². The first-order valence-electron chi connectivity index (χ1n) is 8.70. The number of rotatable bonds is 7. The molecule has 0 spiro atoms. The summed E-state index contributed by atoms with van der Waals surface area (Å²) in [5.74, 6) is -1.63. The summed E-state index contributed by atoms with van der Waals surface area (Å²) in [7, 11) is 0. The van der Waals surface area contributed by atoms with E-state index in [-0.39, 0.29) is 17.3 Å². The Bertz CT molecular complexity index is 1020. The van der Waals surface area contributed by atoms with E-state index in [1.165, 1.54) is 13.0 Å². The quantitative estimate of drug-likeness (QED) is 0.414. The minimum atomic E-state index is -4.77. The summed E-state index contributed by atoms with van der Waals surface area (Å²) in [6.07, 6.45) is -4.77. The van der Waals surface area contributed by atoms with E-state index in [0.29, 0.717) is 16.6 Å². The number of nitrogens with one attached hydrogen (secondary N) is 2. The molecule has 2 rings (SSSR count). The van der Waals surface area contributed by atoms with Gasteiger partial charge in [-0.05, 0) is 43.3 Å². The number of benzene rings is 2. The van der Waals surface area contributed by atoms with E-state index in [1.54, 1.807) is 24.3 Å². The van der Waals surface area contributed by atoms with Crippen molar-refractivity contribution < 1.29 is 27.9 Å². The van der Waals surface area contributed by atoms with E-state index < -0.39 is 34.7 Å². The minimum Gasteiger partial charge on any atom is -0.379 e. The fourth-order valence-electron chi connectivity index (χ4n) is 2.37. The van der Waals surface area contributed by atoms with E-state index in [9.17, 15) is 27.9 Å². The van der Waals surface area contributed by atoms with Crippen LogP contribution in [0.25, 0.3) is 0 Å². The maximum atomic E-state index is 13.1. The van der Waals surface area contributed by atoms with Crippen LogP contribution < -0.4 is 10.6 Å². The minimum absolute atomic E-state index is 0.117. The molecule has 0 heterocycles. The van der Waals surface area contributed by atoms with E-state index in [1.807, 2.05) is 0 Å². The Kier molecular flexibility index (Phi) is 7.95. The van der Waals surface area contributed by atoms with Gasteiger partial charge in [-0.2, -0.15) is 18.4 Å². The normalized spacial score (nSPS) is 13.1. The average molecular weight is 472 g/mol. The van der Waals surface area contributed by atoms with Gasteiger partial charge in [0.1, 0.15) is 11.5 Å². The smallest absolute Gasteiger partial charge is 0.379 e. The number of hydrogen-bond donors (Lipinski definition) is 3. The van der Waals surface area contributed by atoms with E-state index in [4.69, 9.17) is 16.9 Å². The van der Waals surface area contributed by atoms with E-state index in [0.717, 1.165) is 23.9 Å². The van der Waals surface area contributed by atoms with Gasteiger partial charge in [0.05, 0.1) is 17.2 Å². The van der Waals surface area contributed by atoms with Crippen molar-refractivity contribution in [3.63, 3.8) is 0 Å². The highest BCUT2D eigenvalue weighted by molar-refractivity contribution is 7.99. The Balaban J connectivity index is 2.08. The molecule has 6 nitrogen and oxygen atoms in total. The van der Waals surface area contributed by atoms with Crippen LogP contribution in [0.1, 0.15) is 18.1 Å². The number of alkyl halides is 4. The summed E-state index contributed by atoms with van der Waals surface area (Å²) in [5, 5.41) is 24.1. The largest absolute Gasteiger partial charge is 0.417 e. The van der Waals surface area contributed by atoms with Gasteiger partial charge in [0.25, 0.3) is 5.91 Å². The van der Waals surface area contributed by atoms with Gasteiger partial charge in [0.2, 0.25) is 5.91 Å². The molecule has 0 aliphatic rings. The number of halogens is 4. The highest BCUT2D eigenvalue weighted by Gasteiger charge is 2.35. The van der Waals surface area contributed by atoms with Crippen LogP contribution >= 0.6 is 23.4 Å². The number of carbonyl (C=O) groups excluding carboxylic acids is 2. The third-order valence-electron chi connectivity index (χ3n) is 3.95. The zero-order valence-electron chi connectivity index (χ0n) is 16.1. The molecule has 0 bridgehead atoms. The predicted molar refractivity (Wildman–Crippen MR) is 112 cm³/mol. The molecular weight excluding hydrogens is 455 g/mol. The Morgan fingerprint density at radius 3 is 2.45 bits per heavy atom. The van der Waals surface area contributed by atoms with Gasteiger partial charge in [-0.15, -0.1) is 23.4 Å². The standard InChI is InChI=1S/C20H17ClF3N3O3S/c1-19(30,11-31-15-4-2-3-13(7-15)26-17(28)9-21)18(29)27-14-6-5-12(10-25)16(8-14)20(22,23)24/h2-8,30H,9,11H2,1H3,(H,26,28)(H,27,29). The zero-order valence-corrected chi connectivity index (χ0v) is 17.7. The zero-order chi connectivity index (χ0) is 23.2. The van der Waals surface area contributed by atoms with Gasteiger partial charge < -0.3 is 15.7 Å². The van der Waals surface area contributed by atoms with Crippen LogP contribution in [0.15, 0.2) is 47.4 Å². The van der Waals surface area contributed by atoms with Gasteiger partial charge in [-0.1, -0.05) is 6.07 Å². The monoisotopic (exact) mass is 471 g/mol. The maximum Gasteiger partial charge on any atom is 0.417 e. The molecule has 0 aromatic heterocycles. The number of aliphatic hydroxyl groups is 1. The Morgan fingerprint density at radius 1 is 1.16 bits per heavy atom. The third-order valence-corrected chi connectivity index (χ3v) is 5.49. The van der Waals surface area contributed by atoms with Gasteiger partial charge >= 0.3 is 6.18 Å². The van der Waals surface area contributed by atoms with E-state index in [2.05, 4.69) is 10.6 Å². The van der Waals surface area contributed by atoms with Gasteiger partial charge in [0, 0.05) is 22.0 Å². The Morgan fingerprint density at radius 2 is 1.84 bits per heavy atom. The first-order valence-corrected chi connectivity index (χ1v) is 10.2. The molecule has 3 N–H and O–H groups in total. The first kappa shape index (κ1) is 24.5. The molecule has 2 aromatic rings. The molecule has 0 saturated heterocycles. The van der Waals surface area contributed by atoms with Crippen LogP contribution in [-0.2, 0) is 15.8 Å². The van der Waals surface area contributed by atoms with Crippen molar-refractivity contribution in [1.82, 2.24) is 0 Å². The lowest BCUT2D eigenvalue weighted by Gasteiger charge is -2.22. The molecule has 0 saturated carbocycles. The predicted octanol–water partition coefficient (Wildman–Crippen LogP) is 4.24. The highest BCUT2D eigenvalue weighted by Crippen LogP contribution is 2.34. The maximum absolute atomic E-state index is 13.1. The fraction of sp³-hybridized carbons (Fsp3) is 0.250.